The minimum absolute atomic E-state index is 0.00282. The number of piperidine rings is 1. The van der Waals surface area contributed by atoms with Crippen LogP contribution in [0.4, 0.5) is 5.69 Å². The Hall–Kier alpha value is -2.67. The Labute approximate surface area is 168 Å². The molecule has 2 aromatic rings. The SMILES string of the molecule is CC(C)C(=O)NC1CCCN(C(=O)c2ccc(NC(=O)c3cccs3)cc2)C1. The first-order valence-corrected chi connectivity index (χ1v) is 10.4. The maximum Gasteiger partial charge on any atom is 0.265 e. The van der Waals surface area contributed by atoms with Crippen molar-refractivity contribution < 1.29 is 14.4 Å². The quantitative estimate of drug-likeness (QED) is 0.809. The van der Waals surface area contributed by atoms with Crippen LogP contribution in [-0.4, -0.2) is 41.8 Å². The molecule has 0 saturated carbocycles. The van der Waals surface area contributed by atoms with Gasteiger partial charge in [0.1, 0.15) is 0 Å². The number of nitrogens with zero attached hydrogens (tertiary/aromatic N) is 1. The standard InChI is InChI=1S/C21H25N3O3S/c1-14(2)19(25)23-17-5-3-11-24(13-17)21(27)15-7-9-16(10-8-15)22-20(26)18-6-4-12-28-18/h4,6-10,12,14,17H,3,5,11,13H2,1-2H3,(H,22,26)(H,23,25). The average molecular weight is 400 g/mol. The Morgan fingerprint density at radius 3 is 2.54 bits per heavy atom. The lowest BCUT2D eigenvalue weighted by Crippen LogP contribution is -2.50. The molecule has 3 amide bonds. The molecule has 148 valence electrons. The van der Waals surface area contributed by atoms with E-state index in [1.165, 1.54) is 11.3 Å². The first-order valence-electron chi connectivity index (χ1n) is 9.48. The molecular weight excluding hydrogens is 374 g/mol. The van der Waals surface area contributed by atoms with Crippen LogP contribution >= 0.6 is 11.3 Å². The number of hydrogen-bond donors (Lipinski definition) is 2. The first-order chi connectivity index (χ1) is 13.4. The fourth-order valence-electron chi connectivity index (χ4n) is 3.13. The molecule has 1 unspecified atom stereocenters. The number of nitrogens with one attached hydrogen (secondary N) is 2. The molecule has 7 heteroatoms. The lowest BCUT2D eigenvalue weighted by molar-refractivity contribution is -0.125. The van der Waals surface area contributed by atoms with Crippen molar-refractivity contribution in [3.63, 3.8) is 0 Å². The van der Waals surface area contributed by atoms with Crippen LogP contribution in [0.1, 0.15) is 46.7 Å². The zero-order valence-corrected chi connectivity index (χ0v) is 16.9. The zero-order valence-electron chi connectivity index (χ0n) is 16.1. The number of hydrogen-bond acceptors (Lipinski definition) is 4. The van der Waals surface area contributed by atoms with Gasteiger partial charge >= 0.3 is 0 Å². The second-order valence-electron chi connectivity index (χ2n) is 7.26. The minimum atomic E-state index is -0.158. The molecule has 1 aliphatic rings. The van der Waals surface area contributed by atoms with Crippen molar-refractivity contribution >= 4 is 34.7 Å². The van der Waals surface area contributed by atoms with Gasteiger partial charge in [-0.15, -0.1) is 11.3 Å². The van der Waals surface area contributed by atoms with E-state index < -0.39 is 0 Å². The highest BCUT2D eigenvalue weighted by Gasteiger charge is 2.26. The van der Waals surface area contributed by atoms with Crippen LogP contribution in [0.2, 0.25) is 0 Å². The fraction of sp³-hybridized carbons (Fsp3) is 0.381. The van der Waals surface area contributed by atoms with Gasteiger partial charge < -0.3 is 15.5 Å². The van der Waals surface area contributed by atoms with E-state index in [-0.39, 0.29) is 29.7 Å². The number of amides is 3. The third-order valence-electron chi connectivity index (χ3n) is 4.71. The molecule has 1 saturated heterocycles. The lowest BCUT2D eigenvalue weighted by atomic mass is 10.0. The van der Waals surface area contributed by atoms with Crippen LogP contribution in [0.5, 0.6) is 0 Å². The monoisotopic (exact) mass is 399 g/mol. The van der Waals surface area contributed by atoms with Crippen molar-refractivity contribution in [1.29, 1.82) is 0 Å². The molecule has 1 aromatic heterocycles. The maximum atomic E-state index is 12.8. The van der Waals surface area contributed by atoms with Crippen LogP contribution in [0.25, 0.3) is 0 Å². The molecule has 1 aromatic carbocycles. The number of carbonyl (C=O) groups excluding carboxylic acids is 3. The van der Waals surface area contributed by atoms with E-state index in [0.717, 1.165) is 12.8 Å². The van der Waals surface area contributed by atoms with Crippen LogP contribution in [-0.2, 0) is 4.79 Å². The molecule has 0 aliphatic carbocycles. The second-order valence-corrected chi connectivity index (χ2v) is 8.21. The summed E-state index contributed by atoms with van der Waals surface area (Å²) in [5.74, 6) is -0.262. The Balaban J connectivity index is 1.59. The van der Waals surface area contributed by atoms with Crippen molar-refractivity contribution in [1.82, 2.24) is 10.2 Å². The highest BCUT2D eigenvalue weighted by molar-refractivity contribution is 7.12. The molecule has 0 spiro atoms. The molecule has 3 rings (SSSR count). The zero-order chi connectivity index (χ0) is 20.1. The van der Waals surface area contributed by atoms with Crippen LogP contribution in [0.15, 0.2) is 41.8 Å². The van der Waals surface area contributed by atoms with E-state index in [0.29, 0.717) is 29.2 Å². The Kier molecular flexibility index (Phi) is 6.46. The van der Waals surface area contributed by atoms with Crippen molar-refractivity contribution in [2.75, 3.05) is 18.4 Å². The number of rotatable bonds is 5. The van der Waals surface area contributed by atoms with Gasteiger partial charge in [-0.05, 0) is 48.6 Å². The summed E-state index contributed by atoms with van der Waals surface area (Å²) >= 11 is 1.38. The predicted octanol–water partition coefficient (Wildman–Crippen LogP) is 3.38. The average Bonchev–Trinajstić information content (AvgIpc) is 3.23. The van der Waals surface area contributed by atoms with Gasteiger partial charge in [0.05, 0.1) is 4.88 Å². The number of likely N-dealkylation sites (tertiary alicyclic amines) is 1. The third kappa shape index (κ3) is 4.98. The molecule has 1 aliphatic heterocycles. The summed E-state index contributed by atoms with van der Waals surface area (Å²) in [6, 6.07) is 10.5. The number of carbonyl (C=O) groups is 3. The largest absolute Gasteiger partial charge is 0.351 e. The maximum absolute atomic E-state index is 12.8. The number of benzene rings is 1. The summed E-state index contributed by atoms with van der Waals surface area (Å²) in [6.45, 7) is 4.93. The first kappa shape index (κ1) is 20.1. The highest BCUT2D eigenvalue weighted by atomic mass is 32.1. The summed E-state index contributed by atoms with van der Waals surface area (Å²) in [4.78, 5) is 39.3. The number of anilines is 1. The Morgan fingerprint density at radius 1 is 1.14 bits per heavy atom. The topological polar surface area (TPSA) is 78.5 Å². The normalized spacial score (nSPS) is 16.7. The second kappa shape index (κ2) is 9.01. The van der Waals surface area contributed by atoms with Crippen molar-refractivity contribution in [3.8, 4) is 0 Å². The molecule has 28 heavy (non-hydrogen) atoms. The van der Waals surface area contributed by atoms with Gasteiger partial charge in [0.2, 0.25) is 5.91 Å². The molecule has 0 bridgehead atoms. The van der Waals surface area contributed by atoms with Crippen LogP contribution < -0.4 is 10.6 Å². The molecule has 1 atom stereocenters. The lowest BCUT2D eigenvalue weighted by Gasteiger charge is -2.33. The molecule has 1 fully saturated rings. The van der Waals surface area contributed by atoms with Crippen molar-refractivity contribution in [2.45, 2.75) is 32.7 Å². The van der Waals surface area contributed by atoms with Crippen LogP contribution in [0.3, 0.4) is 0 Å². The Bertz CT molecular complexity index is 831. The van der Waals surface area contributed by atoms with Crippen molar-refractivity contribution in [3.05, 3.63) is 52.2 Å². The van der Waals surface area contributed by atoms with Gasteiger partial charge in [-0.3, -0.25) is 14.4 Å². The Morgan fingerprint density at radius 2 is 1.89 bits per heavy atom. The van der Waals surface area contributed by atoms with Gasteiger partial charge in [-0.2, -0.15) is 0 Å². The smallest absolute Gasteiger partial charge is 0.265 e. The highest BCUT2D eigenvalue weighted by Crippen LogP contribution is 2.18. The molecule has 2 heterocycles. The molecule has 2 N–H and O–H groups in total. The van der Waals surface area contributed by atoms with Crippen molar-refractivity contribution in [2.24, 2.45) is 5.92 Å². The van der Waals surface area contributed by atoms with Gasteiger partial charge in [0, 0.05) is 36.3 Å². The van der Waals surface area contributed by atoms with E-state index in [1.807, 2.05) is 25.3 Å². The summed E-state index contributed by atoms with van der Waals surface area (Å²) in [7, 11) is 0. The summed E-state index contributed by atoms with van der Waals surface area (Å²) < 4.78 is 0. The fourth-order valence-corrected chi connectivity index (χ4v) is 3.75. The van der Waals surface area contributed by atoms with Gasteiger partial charge in [0.25, 0.3) is 11.8 Å². The van der Waals surface area contributed by atoms with E-state index in [4.69, 9.17) is 0 Å². The predicted molar refractivity (Wildman–Crippen MR) is 111 cm³/mol. The van der Waals surface area contributed by atoms with E-state index in [9.17, 15) is 14.4 Å². The van der Waals surface area contributed by atoms with E-state index in [1.54, 1.807) is 35.2 Å². The third-order valence-corrected chi connectivity index (χ3v) is 5.58. The molecule has 0 radical (unpaired) electrons. The summed E-state index contributed by atoms with van der Waals surface area (Å²) in [5, 5.41) is 7.70. The summed E-state index contributed by atoms with van der Waals surface area (Å²) in [5.41, 5.74) is 1.22. The molecular formula is C21H25N3O3S. The summed E-state index contributed by atoms with van der Waals surface area (Å²) in [6.07, 6.45) is 1.75. The van der Waals surface area contributed by atoms with Crippen LogP contribution in [0, 0.1) is 5.92 Å². The van der Waals surface area contributed by atoms with Gasteiger partial charge in [-0.1, -0.05) is 19.9 Å². The van der Waals surface area contributed by atoms with Gasteiger partial charge in [0.15, 0.2) is 0 Å². The van der Waals surface area contributed by atoms with Gasteiger partial charge in [-0.25, -0.2) is 0 Å². The van der Waals surface area contributed by atoms with E-state index in [2.05, 4.69) is 10.6 Å². The van der Waals surface area contributed by atoms with E-state index >= 15 is 0 Å². The minimum Gasteiger partial charge on any atom is -0.351 e. The molecule has 6 nitrogen and oxygen atoms in total. The number of thiophene rings is 1.